The molecule has 7 nitrogen and oxygen atoms in total. The number of para-hydroxylation sites is 1. The minimum absolute atomic E-state index is 0.264. The Balaban J connectivity index is 1.56. The van der Waals surface area contributed by atoms with Crippen LogP contribution in [0, 0.1) is 0 Å². The maximum absolute atomic E-state index is 12.1. The zero-order valence-electron chi connectivity index (χ0n) is 15.8. The molecule has 29 heavy (non-hydrogen) atoms. The first-order valence-electron chi connectivity index (χ1n) is 8.88. The van der Waals surface area contributed by atoms with Crippen LogP contribution in [-0.2, 0) is 6.61 Å². The molecule has 0 saturated carbocycles. The standard InChI is InChI=1S/C22H21N3O4/c1-28-18-6-4-5-17(13-18)25-22(27)24-16-11-9-15(10-12-16)14-29-20-8-3-2-7-19(20)21(23)26/h2-13H,14H2,1H3,(H2,23,26)(H2,24,25,27). The molecule has 0 spiro atoms. The first-order valence-corrected chi connectivity index (χ1v) is 8.88. The van der Waals surface area contributed by atoms with Gasteiger partial charge < -0.3 is 25.8 Å². The second kappa shape index (κ2) is 9.27. The second-order valence-electron chi connectivity index (χ2n) is 6.16. The van der Waals surface area contributed by atoms with Gasteiger partial charge in [0.15, 0.2) is 0 Å². The second-order valence-corrected chi connectivity index (χ2v) is 6.16. The molecule has 0 aliphatic carbocycles. The number of carbonyl (C=O) groups excluding carboxylic acids is 2. The number of urea groups is 1. The summed E-state index contributed by atoms with van der Waals surface area (Å²) in [6.45, 7) is 0.264. The van der Waals surface area contributed by atoms with Gasteiger partial charge in [0.05, 0.1) is 12.7 Å². The largest absolute Gasteiger partial charge is 0.497 e. The van der Waals surface area contributed by atoms with Crippen molar-refractivity contribution in [2.24, 2.45) is 5.73 Å². The van der Waals surface area contributed by atoms with E-state index < -0.39 is 5.91 Å². The van der Waals surface area contributed by atoms with E-state index in [-0.39, 0.29) is 12.6 Å². The van der Waals surface area contributed by atoms with Crippen molar-refractivity contribution in [3.05, 3.63) is 83.9 Å². The van der Waals surface area contributed by atoms with Crippen molar-refractivity contribution in [2.45, 2.75) is 6.61 Å². The molecule has 4 N–H and O–H groups in total. The summed E-state index contributed by atoms with van der Waals surface area (Å²) < 4.78 is 10.8. The summed E-state index contributed by atoms with van der Waals surface area (Å²) in [5.74, 6) is 0.548. The third kappa shape index (κ3) is 5.49. The maximum atomic E-state index is 12.1. The molecule has 0 bridgehead atoms. The number of primary amides is 1. The number of ether oxygens (including phenoxy) is 2. The molecular weight excluding hydrogens is 370 g/mol. The number of hydrogen-bond acceptors (Lipinski definition) is 4. The van der Waals surface area contributed by atoms with Crippen LogP contribution in [0.1, 0.15) is 15.9 Å². The number of nitrogens with two attached hydrogens (primary N) is 1. The zero-order valence-corrected chi connectivity index (χ0v) is 15.8. The van der Waals surface area contributed by atoms with Crippen LogP contribution in [0.25, 0.3) is 0 Å². The third-order valence-electron chi connectivity index (χ3n) is 4.09. The van der Waals surface area contributed by atoms with Gasteiger partial charge in [0.2, 0.25) is 0 Å². The van der Waals surface area contributed by atoms with Gasteiger partial charge in [0.25, 0.3) is 5.91 Å². The monoisotopic (exact) mass is 391 g/mol. The quantitative estimate of drug-likeness (QED) is 0.566. The molecule has 3 aromatic rings. The lowest BCUT2D eigenvalue weighted by molar-refractivity contribution is 0.0996. The van der Waals surface area contributed by atoms with Crippen LogP contribution in [0.5, 0.6) is 11.5 Å². The topological polar surface area (TPSA) is 103 Å². The smallest absolute Gasteiger partial charge is 0.323 e. The van der Waals surface area contributed by atoms with Crippen LogP contribution in [0.3, 0.4) is 0 Å². The normalized spacial score (nSPS) is 10.1. The van der Waals surface area contributed by atoms with Crippen LogP contribution in [0.15, 0.2) is 72.8 Å². The average Bonchev–Trinajstić information content (AvgIpc) is 2.73. The molecule has 0 aliphatic heterocycles. The summed E-state index contributed by atoms with van der Waals surface area (Å²) in [4.78, 5) is 23.6. The molecule has 148 valence electrons. The van der Waals surface area contributed by atoms with Gasteiger partial charge >= 0.3 is 6.03 Å². The van der Waals surface area contributed by atoms with Crippen LogP contribution in [-0.4, -0.2) is 19.0 Å². The van der Waals surface area contributed by atoms with E-state index in [1.807, 2.05) is 12.1 Å². The molecule has 0 heterocycles. The van der Waals surface area contributed by atoms with Crippen molar-refractivity contribution >= 4 is 23.3 Å². The first-order chi connectivity index (χ1) is 14.0. The van der Waals surface area contributed by atoms with Crippen molar-refractivity contribution in [1.29, 1.82) is 0 Å². The van der Waals surface area contributed by atoms with Crippen molar-refractivity contribution in [3.8, 4) is 11.5 Å². The molecular formula is C22H21N3O4. The Hall–Kier alpha value is -4.00. The van der Waals surface area contributed by atoms with Gasteiger partial charge in [0, 0.05) is 17.4 Å². The highest BCUT2D eigenvalue weighted by Gasteiger charge is 2.09. The van der Waals surface area contributed by atoms with E-state index in [2.05, 4.69) is 10.6 Å². The highest BCUT2D eigenvalue weighted by atomic mass is 16.5. The van der Waals surface area contributed by atoms with Crippen molar-refractivity contribution in [2.75, 3.05) is 17.7 Å². The molecule has 3 rings (SSSR count). The Labute approximate surface area is 168 Å². The van der Waals surface area contributed by atoms with Gasteiger partial charge in [-0.1, -0.05) is 30.3 Å². The average molecular weight is 391 g/mol. The molecule has 0 atom stereocenters. The van der Waals surface area contributed by atoms with Crippen LogP contribution in [0.4, 0.5) is 16.2 Å². The SMILES string of the molecule is COc1cccc(NC(=O)Nc2ccc(COc3ccccc3C(N)=O)cc2)c1. The first kappa shape index (κ1) is 19.8. The van der Waals surface area contributed by atoms with Gasteiger partial charge in [-0.15, -0.1) is 0 Å². The third-order valence-corrected chi connectivity index (χ3v) is 4.09. The fourth-order valence-corrected chi connectivity index (χ4v) is 2.64. The number of methoxy groups -OCH3 is 1. The summed E-state index contributed by atoms with van der Waals surface area (Å²) in [7, 11) is 1.57. The van der Waals surface area contributed by atoms with Crippen LogP contribution < -0.4 is 25.8 Å². The highest BCUT2D eigenvalue weighted by Crippen LogP contribution is 2.20. The summed E-state index contributed by atoms with van der Waals surface area (Å²) in [5, 5.41) is 5.50. The minimum Gasteiger partial charge on any atom is -0.497 e. The van der Waals surface area contributed by atoms with Crippen molar-refractivity contribution < 1.29 is 19.1 Å². The highest BCUT2D eigenvalue weighted by molar-refractivity contribution is 5.99. The van der Waals surface area contributed by atoms with Gasteiger partial charge in [-0.05, 0) is 42.0 Å². The Kier molecular flexibility index (Phi) is 6.32. The number of benzene rings is 3. The van der Waals surface area contributed by atoms with Gasteiger partial charge in [-0.25, -0.2) is 4.79 Å². The predicted octanol–water partition coefficient (Wildman–Crippen LogP) is 4.02. The predicted molar refractivity (Wildman–Crippen MR) is 111 cm³/mol. The fourth-order valence-electron chi connectivity index (χ4n) is 2.64. The van der Waals surface area contributed by atoms with Crippen molar-refractivity contribution in [3.63, 3.8) is 0 Å². The summed E-state index contributed by atoms with van der Waals surface area (Å²) in [6, 6.07) is 20.7. The number of hydrogen-bond donors (Lipinski definition) is 3. The van der Waals surface area contributed by atoms with E-state index in [1.54, 1.807) is 67.8 Å². The molecule has 0 aromatic heterocycles. The molecule has 0 fully saturated rings. The van der Waals surface area contributed by atoms with Crippen LogP contribution in [0.2, 0.25) is 0 Å². The van der Waals surface area contributed by atoms with Crippen LogP contribution >= 0.6 is 0 Å². The lowest BCUT2D eigenvalue weighted by Crippen LogP contribution is -2.19. The molecule has 0 radical (unpaired) electrons. The number of carbonyl (C=O) groups is 2. The molecule has 3 aromatic carbocycles. The van der Waals surface area contributed by atoms with E-state index in [0.717, 1.165) is 5.56 Å². The van der Waals surface area contributed by atoms with E-state index >= 15 is 0 Å². The molecule has 0 saturated heterocycles. The Bertz CT molecular complexity index is 1000. The molecule has 0 unspecified atom stereocenters. The Morgan fingerprint density at radius 1 is 0.897 bits per heavy atom. The molecule has 0 aliphatic rings. The lowest BCUT2D eigenvalue weighted by Gasteiger charge is -2.11. The maximum Gasteiger partial charge on any atom is 0.323 e. The van der Waals surface area contributed by atoms with Gasteiger partial charge in [-0.3, -0.25) is 4.79 Å². The van der Waals surface area contributed by atoms with Crippen molar-refractivity contribution in [1.82, 2.24) is 0 Å². The van der Waals surface area contributed by atoms with Gasteiger partial charge in [-0.2, -0.15) is 0 Å². The van der Waals surface area contributed by atoms with E-state index in [0.29, 0.717) is 28.4 Å². The molecule has 7 heteroatoms. The lowest BCUT2D eigenvalue weighted by atomic mass is 10.2. The van der Waals surface area contributed by atoms with E-state index in [9.17, 15) is 9.59 Å². The zero-order chi connectivity index (χ0) is 20.6. The number of amides is 3. The van der Waals surface area contributed by atoms with E-state index in [4.69, 9.17) is 15.2 Å². The summed E-state index contributed by atoms with van der Waals surface area (Å²) >= 11 is 0. The minimum atomic E-state index is -0.540. The number of anilines is 2. The fraction of sp³-hybridized carbons (Fsp3) is 0.0909. The summed E-state index contributed by atoms with van der Waals surface area (Å²) in [6.07, 6.45) is 0. The summed E-state index contributed by atoms with van der Waals surface area (Å²) in [5.41, 5.74) is 7.82. The Morgan fingerprint density at radius 2 is 1.62 bits per heavy atom. The van der Waals surface area contributed by atoms with E-state index in [1.165, 1.54) is 0 Å². The number of rotatable bonds is 7. The Morgan fingerprint density at radius 3 is 2.34 bits per heavy atom. The van der Waals surface area contributed by atoms with Gasteiger partial charge in [0.1, 0.15) is 18.1 Å². The number of nitrogens with one attached hydrogen (secondary N) is 2. The molecule has 3 amide bonds.